The van der Waals surface area contributed by atoms with Crippen LogP contribution in [-0.4, -0.2) is 33.2 Å². The summed E-state index contributed by atoms with van der Waals surface area (Å²) in [7, 11) is 0. The number of esters is 1. The van der Waals surface area contributed by atoms with E-state index in [0.29, 0.717) is 28.1 Å². The Kier molecular flexibility index (Phi) is 6.73. The Morgan fingerprint density at radius 3 is 2.69 bits per heavy atom. The topological polar surface area (TPSA) is 103 Å². The molecule has 3 aromatic rings. The van der Waals surface area contributed by atoms with E-state index in [9.17, 15) is 14.4 Å². The predicted molar refractivity (Wildman–Crippen MR) is 110 cm³/mol. The van der Waals surface area contributed by atoms with Gasteiger partial charge in [-0.15, -0.1) is 11.3 Å². The molecule has 1 N–H and O–H groups in total. The van der Waals surface area contributed by atoms with Crippen LogP contribution in [0.4, 0.5) is 5.13 Å². The molecule has 3 rings (SSSR count). The van der Waals surface area contributed by atoms with Gasteiger partial charge >= 0.3 is 5.97 Å². The van der Waals surface area contributed by atoms with Crippen molar-refractivity contribution in [2.45, 2.75) is 19.9 Å². The second-order valence-electron chi connectivity index (χ2n) is 5.90. The number of hydrogen-bond acceptors (Lipinski definition) is 7. The third-order valence-electron chi connectivity index (χ3n) is 3.73. The van der Waals surface area contributed by atoms with Crippen molar-refractivity contribution in [1.29, 1.82) is 0 Å². The van der Waals surface area contributed by atoms with Crippen LogP contribution in [-0.2, 0) is 27.3 Å². The highest BCUT2D eigenvalue weighted by molar-refractivity contribution is 7.13. The first kappa shape index (κ1) is 20.7. The molecule has 2 heterocycles. The van der Waals surface area contributed by atoms with Gasteiger partial charge in [0.25, 0.3) is 5.56 Å². The van der Waals surface area contributed by atoms with Crippen molar-refractivity contribution in [2.24, 2.45) is 0 Å². The molecule has 0 radical (unpaired) electrons. The lowest BCUT2D eigenvalue weighted by Gasteiger charge is -2.07. The first-order valence-electron chi connectivity index (χ1n) is 8.68. The number of amides is 1. The summed E-state index contributed by atoms with van der Waals surface area (Å²) >= 11 is 7.07. The van der Waals surface area contributed by atoms with E-state index in [-0.39, 0.29) is 18.9 Å². The zero-order chi connectivity index (χ0) is 20.8. The van der Waals surface area contributed by atoms with Gasteiger partial charge in [0.2, 0.25) is 5.91 Å². The highest BCUT2D eigenvalue weighted by Gasteiger charge is 2.12. The lowest BCUT2D eigenvalue weighted by atomic mass is 10.1. The van der Waals surface area contributed by atoms with Crippen LogP contribution < -0.4 is 10.9 Å². The molecule has 2 aromatic heterocycles. The van der Waals surface area contributed by atoms with Gasteiger partial charge in [0.15, 0.2) is 5.13 Å². The molecule has 0 aliphatic heterocycles. The molecule has 0 atom stereocenters. The van der Waals surface area contributed by atoms with Gasteiger partial charge in [-0.2, -0.15) is 5.10 Å². The van der Waals surface area contributed by atoms with Crippen LogP contribution in [0.15, 0.2) is 46.6 Å². The Balaban J connectivity index is 1.67. The highest BCUT2D eigenvalue weighted by Crippen LogP contribution is 2.19. The molecule has 8 nitrogen and oxygen atoms in total. The molecule has 0 saturated carbocycles. The van der Waals surface area contributed by atoms with Crippen LogP contribution in [0.25, 0.3) is 11.3 Å². The third-order valence-corrected chi connectivity index (χ3v) is 4.79. The molecule has 1 aromatic carbocycles. The summed E-state index contributed by atoms with van der Waals surface area (Å²) in [4.78, 5) is 40.0. The van der Waals surface area contributed by atoms with Gasteiger partial charge in [-0.1, -0.05) is 23.7 Å². The smallest absolute Gasteiger partial charge is 0.311 e. The van der Waals surface area contributed by atoms with E-state index in [1.54, 1.807) is 42.6 Å². The number of carbonyl (C=O) groups is 2. The van der Waals surface area contributed by atoms with Crippen molar-refractivity contribution in [3.63, 3.8) is 0 Å². The number of anilines is 1. The van der Waals surface area contributed by atoms with Gasteiger partial charge in [-0.3, -0.25) is 14.4 Å². The minimum atomic E-state index is -0.454. The van der Waals surface area contributed by atoms with E-state index >= 15 is 0 Å². The Bertz CT molecular complexity index is 1080. The first-order valence-corrected chi connectivity index (χ1v) is 9.94. The van der Waals surface area contributed by atoms with Crippen molar-refractivity contribution < 1.29 is 14.3 Å². The van der Waals surface area contributed by atoms with Crippen LogP contribution in [0.1, 0.15) is 12.6 Å². The van der Waals surface area contributed by atoms with E-state index in [1.807, 2.05) is 0 Å². The molecule has 0 aliphatic carbocycles. The standard InChI is InChI=1S/C19H17ClN4O4S/c1-2-28-18(27)9-14-11-29-19(21-14)22-16(25)10-24-17(26)8-7-15(23-24)12-3-5-13(20)6-4-12/h3-8,11H,2,9-10H2,1H3,(H,21,22,25). The Morgan fingerprint density at radius 1 is 1.21 bits per heavy atom. The van der Waals surface area contributed by atoms with Crippen LogP contribution >= 0.6 is 22.9 Å². The summed E-state index contributed by atoms with van der Waals surface area (Å²) in [5, 5.41) is 9.43. The number of carbonyl (C=O) groups excluding carboxylic acids is 2. The molecule has 0 spiro atoms. The van der Waals surface area contributed by atoms with Crippen LogP contribution in [0.3, 0.4) is 0 Å². The summed E-state index contributed by atoms with van der Waals surface area (Å²) in [6, 6.07) is 9.93. The van der Waals surface area contributed by atoms with Gasteiger partial charge in [-0.25, -0.2) is 9.67 Å². The highest BCUT2D eigenvalue weighted by atomic mass is 35.5. The van der Waals surface area contributed by atoms with E-state index in [4.69, 9.17) is 16.3 Å². The fraction of sp³-hybridized carbons (Fsp3) is 0.211. The van der Waals surface area contributed by atoms with Crippen LogP contribution in [0.2, 0.25) is 5.02 Å². The van der Waals surface area contributed by atoms with Crippen molar-refractivity contribution >= 4 is 39.9 Å². The molecule has 0 fully saturated rings. The first-order chi connectivity index (χ1) is 13.9. The third kappa shape index (κ3) is 5.72. The monoisotopic (exact) mass is 432 g/mol. The fourth-order valence-electron chi connectivity index (χ4n) is 2.44. The van der Waals surface area contributed by atoms with Gasteiger partial charge in [0.1, 0.15) is 6.54 Å². The summed E-state index contributed by atoms with van der Waals surface area (Å²) in [6.07, 6.45) is 0.0321. The number of aromatic nitrogens is 3. The zero-order valence-electron chi connectivity index (χ0n) is 15.4. The van der Waals surface area contributed by atoms with Gasteiger partial charge in [0, 0.05) is 22.0 Å². The summed E-state index contributed by atoms with van der Waals surface area (Å²) in [5.41, 5.74) is 1.41. The SMILES string of the molecule is CCOC(=O)Cc1csc(NC(=O)Cn2nc(-c3ccc(Cl)cc3)ccc2=O)n1. The number of nitrogens with zero attached hydrogens (tertiary/aromatic N) is 3. The number of thiazole rings is 1. The molecule has 29 heavy (non-hydrogen) atoms. The van der Waals surface area contributed by atoms with Crippen molar-refractivity contribution in [2.75, 3.05) is 11.9 Å². The number of rotatable bonds is 7. The maximum absolute atomic E-state index is 12.3. The fourth-order valence-corrected chi connectivity index (χ4v) is 3.29. The molecule has 0 unspecified atom stereocenters. The minimum absolute atomic E-state index is 0.0321. The number of nitrogens with one attached hydrogen (secondary N) is 1. The van der Waals surface area contributed by atoms with Gasteiger partial charge < -0.3 is 10.1 Å². The molecular weight excluding hydrogens is 416 g/mol. The Labute approximate surface area is 175 Å². The van der Waals surface area contributed by atoms with E-state index in [2.05, 4.69) is 15.4 Å². The lowest BCUT2D eigenvalue weighted by molar-refractivity contribution is -0.142. The summed E-state index contributed by atoms with van der Waals surface area (Å²) in [6.45, 7) is 1.75. The van der Waals surface area contributed by atoms with Crippen molar-refractivity contribution in [3.05, 3.63) is 62.8 Å². The zero-order valence-corrected chi connectivity index (χ0v) is 17.0. The maximum atomic E-state index is 12.3. The van der Waals surface area contributed by atoms with E-state index < -0.39 is 11.5 Å². The summed E-state index contributed by atoms with van der Waals surface area (Å²) in [5.74, 6) is -0.838. The van der Waals surface area contributed by atoms with Crippen LogP contribution in [0.5, 0.6) is 0 Å². The number of hydrogen-bond donors (Lipinski definition) is 1. The quantitative estimate of drug-likeness (QED) is 0.576. The molecular formula is C19H17ClN4O4S. The normalized spacial score (nSPS) is 10.6. The Morgan fingerprint density at radius 2 is 1.97 bits per heavy atom. The molecule has 150 valence electrons. The van der Waals surface area contributed by atoms with E-state index in [0.717, 1.165) is 10.2 Å². The average molecular weight is 433 g/mol. The molecule has 0 aliphatic rings. The molecule has 0 saturated heterocycles. The molecule has 1 amide bonds. The maximum Gasteiger partial charge on any atom is 0.311 e. The van der Waals surface area contributed by atoms with Gasteiger partial charge in [-0.05, 0) is 25.1 Å². The molecule has 0 bridgehead atoms. The van der Waals surface area contributed by atoms with Crippen molar-refractivity contribution in [3.8, 4) is 11.3 Å². The van der Waals surface area contributed by atoms with Crippen LogP contribution in [0, 0.1) is 0 Å². The second-order valence-corrected chi connectivity index (χ2v) is 7.19. The number of benzene rings is 1. The lowest BCUT2D eigenvalue weighted by Crippen LogP contribution is -2.29. The number of ether oxygens (including phenoxy) is 1. The molecule has 10 heteroatoms. The van der Waals surface area contributed by atoms with Gasteiger partial charge in [0.05, 0.1) is 24.4 Å². The van der Waals surface area contributed by atoms with Crippen molar-refractivity contribution in [1.82, 2.24) is 14.8 Å². The predicted octanol–water partition coefficient (Wildman–Crippen LogP) is 2.76. The van der Waals surface area contributed by atoms with E-state index in [1.165, 1.54) is 17.4 Å². The number of halogens is 1. The minimum Gasteiger partial charge on any atom is -0.466 e. The summed E-state index contributed by atoms with van der Waals surface area (Å²) < 4.78 is 5.94. The Hall–Kier alpha value is -3.04. The average Bonchev–Trinajstić information content (AvgIpc) is 3.11. The largest absolute Gasteiger partial charge is 0.466 e. The second kappa shape index (κ2) is 9.44.